The van der Waals surface area contributed by atoms with Gasteiger partial charge in [0.1, 0.15) is 0 Å². The Kier molecular flexibility index (Phi) is 5.77. The number of benzene rings is 2. The lowest BCUT2D eigenvalue weighted by Gasteiger charge is -2.35. The third-order valence-electron chi connectivity index (χ3n) is 4.62. The molecular weight excluding hydrogens is 384 g/mol. The van der Waals surface area contributed by atoms with Crippen molar-refractivity contribution in [3.05, 3.63) is 59.1 Å². The lowest BCUT2D eigenvalue weighted by Crippen LogP contribution is -2.42. The molecular formula is C20H23ClN2O3S. The lowest BCUT2D eigenvalue weighted by atomic mass is 9.91. The quantitative estimate of drug-likeness (QED) is 0.824. The zero-order chi connectivity index (χ0) is 19.6. The van der Waals surface area contributed by atoms with Gasteiger partial charge in [-0.15, -0.1) is 0 Å². The molecule has 3 rings (SSSR count). The first kappa shape index (κ1) is 19.7. The molecule has 0 bridgehead atoms. The monoisotopic (exact) mass is 406 g/mol. The molecule has 27 heavy (non-hydrogen) atoms. The van der Waals surface area contributed by atoms with Gasteiger partial charge in [-0.05, 0) is 54.7 Å². The van der Waals surface area contributed by atoms with Crippen LogP contribution in [0.5, 0.6) is 0 Å². The van der Waals surface area contributed by atoms with Crippen molar-refractivity contribution in [2.75, 3.05) is 17.8 Å². The molecule has 2 aromatic carbocycles. The Morgan fingerprint density at radius 3 is 2.41 bits per heavy atom. The number of anilines is 1. The van der Waals surface area contributed by atoms with Gasteiger partial charge in [0.2, 0.25) is 0 Å². The Morgan fingerprint density at radius 1 is 1.07 bits per heavy atom. The molecule has 0 aliphatic carbocycles. The van der Waals surface area contributed by atoms with Crippen LogP contribution in [0.1, 0.15) is 30.6 Å². The average molecular weight is 407 g/mol. The van der Waals surface area contributed by atoms with Gasteiger partial charge in [-0.25, -0.2) is 8.42 Å². The molecule has 1 fully saturated rings. The van der Waals surface area contributed by atoms with E-state index >= 15 is 0 Å². The van der Waals surface area contributed by atoms with Crippen LogP contribution in [0.2, 0.25) is 5.02 Å². The van der Waals surface area contributed by atoms with Crippen LogP contribution in [0, 0.1) is 11.8 Å². The van der Waals surface area contributed by atoms with Crippen molar-refractivity contribution in [2.45, 2.75) is 25.2 Å². The summed E-state index contributed by atoms with van der Waals surface area (Å²) < 4.78 is 27.9. The SMILES string of the molecule is C[C@H]1C[C@H](C)CN(C(=O)c2cccc(S(=O)(=O)Nc3cccc(Cl)c3)c2)C1. The number of amides is 1. The summed E-state index contributed by atoms with van der Waals surface area (Å²) in [7, 11) is -3.82. The van der Waals surface area contributed by atoms with Crippen molar-refractivity contribution in [3.63, 3.8) is 0 Å². The van der Waals surface area contributed by atoms with Crippen LogP contribution < -0.4 is 4.72 Å². The predicted octanol–water partition coefficient (Wildman–Crippen LogP) is 4.26. The molecule has 1 amide bonds. The van der Waals surface area contributed by atoms with E-state index in [1.807, 2.05) is 4.90 Å². The number of nitrogens with zero attached hydrogens (tertiary/aromatic N) is 1. The molecule has 0 spiro atoms. The molecule has 1 aliphatic rings. The van der Waals surface area contributed by atoms with Crippen LogP contribution in [0.4, 0.5) is 5.69 Å². The Hall–Kier alpha value is -2.05. The second-order valence-electron chi connectivity index (χ2n) is 7.30. The van der Waals surface area contributed by atoms with Gasteiger partial charge in [0.05, 0.1) is 10.6 Å². The molecule has 0 aromatic heterocycles. The summed E-state index contributed by atoms with van der Waals surface area (Å²) in [6.45, 7) is 5.65. The highest BCUT2D eigenvalue weighted by Gasteiger charge is 2.27. The summed E-state index contributed by atoms with van der Waals surface area (Å²) in [5, 5.41) is 0.437. The van der Waals surface area contributed by atoms with E-state index in [-0.39, 0.29) is 10.8 Å². The molecule has 0 saturated carbocycles. The Labute approximate surface area is 165 Å². The summed E-state index contributed by atoms with van der Waals surface area (Å²) in [6, 6.07) is 12.6. The maximum Gasteiger partial charge on any atom is 0.261 e. The molecule has 0 radical (unpaired) electrons. The second kappa shape index (κ2) is 7.90. The Morgan fingerprint density at radius 2 is 1.74 bits per heavy atom. The number of rotatable bonds is 4. The van der Waals surface area contributed by atoms with Gasteiger partial charge in [0.25, 0.3) is 15.9 Å². The van der Waals surface area contributed by atoms with Gasteiger partial charge >= 0.3 is 0 Å². The zero-order valence-corrected chi connectivity index (χ0v) is 16.9. The fourth-order valence-electron chi connectivity index (χ4n) is 3.57. The number of nitrogens with one attached hydrogen (secondary N) is 1. The molecule has 1 N–H and O–H groups in total. The summed E-state index contributed by atoms with van der Waals surface area (Å²) >= 11 is 5.91. The predicted molar refractivity (Wildman–Crippen MR) is 108 cm³/mol. The van der Waals surface area contributed by atoms with Gasteiger partial charge in [-0.1, -0.05) is 37.6 Å². The number of sulfonamides is 1. The first-order valence-electron chi connectivity index (χ1n) is 8.92. The normalized spacial score (nSPS) is 20.3. The van der Waals surface area contributed by atoms with E-state index in [9.17, 15) is 13.2 Å². The van der Waals surface area contributed by atoms with Gasteiger partial charge in [0, 0.05) is 23.7 Å². The van der Waals surface area contributed by atoms with Crippen molar-refractivity contribution in [1.29, 1.82) is 0 Å². The molecule has 5 nitrogen and oxygen atoms in total. The van der Waals surface area contributed by atoms with Crippen LogP contribution in [-0.4, -0.2) is 32.3 Å². The first-order valence-corrected chi connectivity index (χ1v) is 10.8. The third kappa shape index (κ3) is 4.82. The van der Waals surface area contributed by atoms with Gasteiger partial charge < -0.3 is 4.90 Å². The number of likely N-dealkylation sites (tertiary alicyclic amines) is 1. The molecule has 144 valence electrons. The standard InChI is InChI=1S/C20H23ClN2O3S/c1-14-9-15(2)13-23(12-14)20(24)16-5-3-8-19(10-16)27(25,26)22-18-7-4-6-17(21)11-18/h3-8,10-11,14-15,22H,9,12-13H2,1-2H3/t14-,15-/m0/s1. The van der Waals surface area contributed by atoms with Gasteiger partial charge in [0.15, 0.2) is 0 Å². The van der Waals surface area contributed by atoms with Gasteiger partial charge in [-0.2, -0.15) is 0 Å². The number of carbonyl (C=O) groups excluding carboxylic acids is 1. The summed E-state index contributed by atoms with van der Waals surface area (Å²) in [5.41, 5.74) is 0.753. The minimum absolute atomic E-state index is 0.0476. The van der Waals surface area contributed by atoms with Crippen molar-refractivity contribution in [1.82, 2.24) is 4.90 Å². The topological polar surface area (TPSA) is 66.5 Å². The van der Waals surface area contributed by atoms with E-state index in [1.54, 1.807) is 30.3 Å². The largest absolute Gasteiger partial charge is 0.338 e. The number of halogens is 1. The number of piperidine rings is 1. The molecule has 2 aromatic rings. The smallest absolute Gasteiger partial charge is 0.261 e. The van der Waals surface area contributed by atoms with E-state index in [1.165, 1.54) is 18.2 Å². The molecule has 0 unspecified atom stereocenters. The van der Waals surface area contributed by atoms with Crippen molar-refractivity contribution < 1.29 is 13.2 Å². The summed E-state index contributed by atoms with van der Waals surface area (Å²) in [5.74, 6) is 0.747. The van der Waals surface area contributed by atoms with Crippen molar-refractivity contribution >= 4 is 33.2 Å². The van der Waals surface area contributed by atoms with Crippen molar-refractivity contribution in [3.8, 4) is 0 Å². The Balaban J connectivity index is 1.83. The maximum atomic E-state index is 12.9. The van der Waals surface area contributed by atoms with Crippen LogP contribution in [-0.2, 0) is 10.0 Å². The van der Waals surface area contributed by atoms with Crippen LogP contribution in [0.25, 0.3) is 0 Å². The highest BCUT2D eigenvalue weighted by molar-refractivity contribution is 7.92. The minimum Gasteiger partial charge on any atom is -0.338 e. The zero-order valence-electron chi connectivity index (χ0n) is 15.4. The number of hydrogen-bond acceptors (Lipinski definition) is 3. The van der Waals surface area contributed by atoms with E-state index in [0.717, 1.165) is 6.42 Å². The second-order valence-corrected chi connectivity index (χ2v) is 9.42. The van der Waals surface area contributed by atoms with E-state index < -0.39 is 10.0 Å². The number of carbonyl (C=O) groups is 1. The fraction of sp³-hybridized carbons (Fsp3) is 0.350. The first-order chi connectivity index (χ1) is 12.7. The molecule has 7 heteroatoms. The minimum atomic E-state index is -3.82. The summed E-state index contributed by atoms with van der Waals surface area (Å²) in [4.78, 5) is 14.7. The van der Waals surface area contributed by atoms with Crippen LogP contribution >= 0.6 is 11.6 Å². The lowest BCUT2D eigenvalue weighted by molar-refractivity contribution is 0.0623. The van der Waals surface area contributed by atoms with E-state index in [0.29, 0.717) is 41.2 Å². The maximum absolute atomic E-state index is 12.9. The number of hydrogen-bond donors (Lipinski definition) is 1. The molecule has 1 saturated heterocycles. The third-order valence-corrected chi connectivity index (χ3v) is 6.24. The summed E-state index contributed by atoms with van der Waals surface area (Å²) in [6.07, 6.45) is 1.10. The van der Waals surface area contributed by atoms with Gasteiger partial charge in [-0.3, -0.25) is 9.52 Å². The van der Waals surface area contributed by atoms with E-state index in [2.05, 4.69) is 18.6 Å². The molecule has 1 heterocycles. The molecule has 1 aliphatic heterocycles. The van der Waals surface area contributed by atoms with Crippen LogP contribution in [0.15, 0.2) is 53.4 Å². The Bertz CT molecular complexity index is 936. The highest BCUT2D eigenvalue weighted by Crippen LogP contribution is 2.24. The fourth-order valence-corrected chi connectivity index (χ4v) is 4.86. The van der Waals surface area contributed by atoms with Crippen molar-refractivity contribution in [2.24, 2.45) is 11.8 Å². The molecule has 2 atom stereocenters. The van der Waals surface area contributed by atoms with Crippen LogP contribution in [0.3, 0.4) is 0 Å². The highest BCUT2D eigenvalue weighted by atomic mass is 35.5. The average Bonchev–Trinajstić information content (AvgIpc) is 2.60. The van der Waals surface area contributed by atoms with E-state index in [4.69, 9.17) is 11.6 Å².